The van der Waals surface area contributed by atoms with Crippen LogP contribution in [-0.4, -0.2) is 42.8 Å². The van der Waals surface area contributed by atoms with Gasteiger partial charge in [0.1, 0.15) is 5.82 Å². The number of nitrogens with one attached hydrogen (secondary N) is 1. The third-order valence-electron chi connectivity index (χ3n) is 6.94. The number of primary amides is 1. The molecule has 3 atom stereocenters. The second-order valence-electron chi connectivity index (χ2n) is 9.74. The molecule has 0 radical (unpaired) electrons. The van der Waals surface area contributed by atoms with Crippen LogP contribution in [0.4, 0.5) is 23.2 Å². The first-order chi connectivity index (χ1) is 18.0. The van der Waals surface area contributed by atoms with Gasteiger partial charge >= 0.3 is 6.18 Å². The SMILES string of the molecule is CN1C(=O)[C@@H](NC(=O)[C@H](CCC(F)(F)F)[C@H](CC2CC2)C(N)=O)N=C(c2ccccc2)c2cccc(F)c21. The van der Waals surface area contributed by atoms with Crippen molar-refractivity contribution < 1.29 is 31.9 Å². The van der Waals surface area contributed by atoms with Gasteiger partial charge in [-0.1, -0.05) is 55.3 Å². The Morgan fingerprint density at radius 1 is 1.11 bits per heavy atom. The number of rotatable bonds is 9. The Bertz CT molecular complexity index is 1240. The first-order valence-corrected chi connectivity index (χ1v) is 12.3. The topological polar surface area (TPSA) is 105 Å². The quantitative estimate of drug-likeness (QED) is 0.478. The molecule has 0 unspecified atom stereocenters. The molecular weight excluding hydrogens is 504 g/mol. The summed E-state index contributed by atoms with van der Waals surface area (Å²) in [6.07, 6.45) is -6.30. The number of para-hydroxylation sites is 1. The van der Waals surface area contributed by atoms with Crippen molar-refractivity contribution in [3.63, 3.8) is 0 Å². The number of benzene rings is 2. The van der Waals surface area contributed by atoms with Crippen LogP contribution in [0.5, 0.6) is 0 Å². The average Bonchev–Trinajstić information content (AvgIpc) is 3.69. The maximum atomic E-state index is 14.9. The molecule has 202 valence electrons. The third-order valence-corrected chi connectivity index (χ3v) is 6.94. The number of carbonyl (C=O) groups excluding carboxylic acids is 3. The largest absolute Gasteiger partial charge is 0.389 e. The summed E-state index contributed by atoms with van der Waals surface area (Å²) >= 11 is 0. The van der Waals surface area contributed by atoms with Gasteiger partial charge in [-0.15, -0.1) is 0 Å². The zero-order valence-electron chi connectivity index (χ0n) is 20.7. The summed E-state index contributed by atoms with van der Waals surface area (Å²) in [5.41, 5.74) is 6.55. The van der Waals surface area contributed by atoms with Crippen molar-refractivity contribution in [2.45, 2.75) is 44.4 Å². The molecule has 4 rings (SSSR count). The monoisotopic (exact) mass is 532 g/mol. The number of anilines is 1. The number of hydrogen-bond acceptors (Lipinski definition) is 4. The van der Waals surface area contributed by atoms with Crippen molar-refractivity contribution in [3.05, 3.63) is 65.5 Å². The number of halogens is 4. The summed E-state index contributed by atoms with van der Waals surface area (Å²) in [4.78, 5) is 44.5. The normalized spacial score (nSPS) is 19.2. The van der Waals surface area contributed by atoms with Crippen molar-refractivity contribution in [1.82, 2.24) is 5.32 Å². The lowest BCUT2D eigenvalue weighted by molar-refractivity contribution is -0.146. The zero-order chi connectivity index (χ0) is 27.6. The molecule has 2 aliphatic rings. The van der Waals surface area contributed by atoms with Crippen molar-refractivity contribution in [1.29, 1.82) is 0 Å². The molecule has 2 aromatic rings. The van der Waals surface area contributed by atoms with E-state index >= 15 is 0 Å². The molecule has 0 spiro atoms. The number of hydrogen-bond donors (Lipinski definition) is 2. The standard InChI is InChI=1S/C27H28F4N4O3/c1-35-22-18(8-5-9-20(22)28)21(16-6-3-2-4-7-16)33-24(26(35)38)34-25(37)17(12-13-27(29,30)31)19(23(32)36)14-15-10-11-15/h2-9,15,17,19,24H,10-14H2,1H3,(H2,32,36)(H,34,37)/t17-,19+,24-/m1/s1. The maximum absolute atomic E-state index is 14.9. The molecule has 3 amide bonds. The van der Waals surface area contributed by atoms with Gasteiger partial charge in [0, 0.05) is 36.4 Å². The molecule has 0 saturated heterocycles. The van der Waals surface area contributed by atoms with Crippen molar-refractivity contribution >= 4 is 29.1 Å². The van der Waals surface area contributed by atoms with Gasteiger partial charge in [0.2, 0.25) is 18.0 Å². The summed E-state index contributed by atoms with van der Waals surface area (Å²) in [6.45, 7) is 0. The number of likely N-dealkylation sites (N-methyl/N-ethyl adjacent to an activating group) is 1. The highest BCUT2D eigenvalue weighted by molar-refractivity contribution is 6.20. The minimum Gasteiger partial charge on any atom is -0.369 e. The summed E-state index contributed by atoms with van der Waals surface area (Å²) in [6, 6.07) is 12.9. The van der Waals surface area contributed by atoms with Crippen LogP contribution in [0.1, 0.15) is 43.2 Å². The number of nitrogens with two attached hydrogens (primary N) is 1. The summed E-state index contributed by atoms with van der Waals surface area (Å²) in [5.74, 6) is -5.71. The molecule has 1 fully saturated rings. The van der Waals surface area contributed by atoms with E-state index < -0.39 is 60.6 Å². The third kappa shape index (κ3) is 6.20. The molecule has 1 heterocycles. The Balaban J connectivity index is 1.71. The van der Waals surface area contributed by atoms with E-state index in [1.54, 1.807) is 36.4 Å². The van der Waals surface area contributed by atoms with E-state index in [9.17, 15) is 31.9 Å². The number of amides is 3. The molecule has 2 aromatic carbocycles. The molecule has 0 aromatic heterocycles. The fourth-order valence-corrected chi connectivity index (χ4v) is 4.78. The number of nitrogens with zero attached hydrogens (tertiary/aromatic N) is 2. The predicted octanol–water partition coefficient (Wildman–Crippen LogP) is 3.94. The van der Waals surface area contributed by atoms with Gasteiger partial charge in [0.05, 0.1) is 11.4 Å². The average molecular weight is 533 g/mol. The highest BCUT2D eigenvalue weighted by Crippen LogP contribution is 2.39. The second-order valence-corrected chi connectivity index (χ2v) is 9.74. The molecule has 38 heavy (non-hydrogen) atoms. The molecular formula is C27H28F4N4O3. The first kappa shape index (κ1) is 27.3. The van der Waals surface area contributed by atoms with Gasteiger partial charge in [-0.05, 0) is 24.8 Å². The van der Waals surface area contributed by atoms with Crippen LogP contribution in [-0.2, 0) is 14.4 Å². The number of benzodiazepines with no additional fused rings is 1. The Labute approximate surface area is 217 Å². The molecule has 7 nitrogen and oxygen atoms in total. The lowest BCUT2D eigenvalue weighted by Gasteiger charge is -2.27. The Morgan fingerprint density at radius 2 is 1.79 bits per heavy atom. The van der Waals surface area contributed by atoms with Crippen LogP contribution in [0, 0.1) is 23.6 Å². The van der Waals surface area contributed by atoms with Crippen molar-refractivity contribution in [3.8, 4) is 0 Å². The van der Waals surface area contributed by atoms with E-state index in [0.29, 0.717) is 11.1 Å². The van der Waals surface area contributed by atoms with E-state index in [4.69, 9.17) is 5.73 Å². The van der Waals surface area contributed by atoms with Gasteiger partial charge < -0.3 is 16.0 Å². The first-order valence-electron chi connectivity index (χ1n) is 12.3. The van der Waals surface area contributed by atoms with Crippen LogP contribution in [0.3, 0.4) is 0 Å². The number of alkyl halides is 3. The predicted molar refractivity (Wildman–Crippen MR) is 133 cm³/mol. The number of aliphatic imine (C=N–C) groups is 1. The summed E-state index contributed by atoms with van der Waals surface area (Å²) < 4.78 is 54.2. The lowest BCUT2D eigenvalue weighted by Crippen LogP contribution is -2.50. The molecule has 11 heteroatoms. The zero-order valence-corrected chi connectivity index (χ0v) is 20.7. The minimum atomic E-state index is -4.56. The van der Waals surface area contributed by atoms with Crippen LogP contribution in [0.2, 0.25) is 0 Å². The fourth-order valence-electron chi connectivity index (χ4n) is 4.78. The van der Waals surface area contributed by atoms with Crippen molar-refractivity contribution in [2.75, 3.05) is 11.9 Å². The molecule has 1 aliphatic carbocycles. The maximum Gasteiger partial charge on any atom is 0.389 e. The fraction of sp³-hybridized carbons (Fsp3) is 0.407. The number of fused-ring (bicyclic) bond motifs is 1. The van der Waals surface area contributed by atoms with Gasteiger partial charge in [-0.2, -0.15) is 13.2 Å². The van der Waals surface area contributed by atoms with E-state index in [2.05, 4.69) is 10.3 Å². The van der Waals surface area contributed by atoms with Crippen LogP contribution < -0.4 is 16.0 Å². The van der Waals surface area contributed by atoms with Gasteiger partial charge in [-0.3, -0.25) is 14.4 Å². The minimum absolute atomic E-state index is 0.0470. The van der Waals surface area contributed by atoms with Gasteiger partial charge in [0.15, 0.2) is 0 Å². The highest BCUT2D eigenvalue weighted by atomic mass is 19.4. The Hall–Kier alpha value is -3.76. The van der Waals surface area contributed by atoms with Crippen LogP contribution in [0.25, 0.3) is 0 Å². The Morgan fingerprint density at radius 3 is 2.39 bits per heavy atom. The molecule has 1 saturated carbocycles. The molecule has 1 aliphatic heterocycles. The second kappa shape index (κ2) is 10.9. The van der Waals surface area contributed by atoms with Crippen molar-refractivity contribution in [2.24, 2.45) is 28.5 Å². The highest BCUT2D eigenvalue weighted by Gasteiger charge is 2.41. The molecule has 0 bridgehead atoms. The smallest absolute Gasteiger partial charge is 0.369 e. The van der Waals surface area contributed by atoms with Gasteiger partial charge in [0.25, 0.3) is 5.91 Å². The lowest BCUT2D eigenvalue weighted by atomic mass is 9.83. The Kier molecular flexibility index (Phi) is 7.84. The summed E-state index contributed by atoms with van der Waals surface area (Å²) in [5, 5.41) is 2.44. The van der Waals surface area contributed by atoms with E-state index in [1.807, 2.05) is 0 Å². The number of carbonyl (C=O) groups is 3. The van der Waals surface area contributed by atoms with Crippen LogP contribution >= 0.6 is 0 Å². The van der Waals surface area contributed by atoms with Crippen LogP contribution in [0.15, 0.2) is 53.5 Å². The summed E-state index contributed by atoms with van der Waals surface area (Å²) in [7, 11) is 1.33. The van der Waals surface area contributed by atoms with E-state index in [0.717, 1.165) is 17.7 Å². The van der Waals surface area contributed by atoms with Gasteiger partial charge in [-0.25, -0.2) is 9.38 Å². The molecule has 3 N–H and O–H groups in total. The van der Waals surface area contributed by atoms with E-state index in [-0.39, 0.29) is 23.7 Å². The van der Waals surface area contributed by atoms with E-state index in [1.165, 1.54) is 19.2 Å².